The number of furan rings is 1. The van der Waals surface area contributed by atoms with Gasteiger partial charge in [-0.2, -0.15) is 0 Å². The van der Waals surface area contributed by atoms with Crippen molar-refractivity contribution in [1.29, 1.82) is 0 Å². The Labute approximate surface area is 109 Å². The molecule has 2 heterocycles. The Hall–Kier alpha value is -1.42. The van der Waals surface area contributed by atoms with Gasteiger partial charge in [0, 0.05) is 5.92 Å². The van der Waals surface area contributed by atoms with Gasteiger partial charge in [0.05, 0.1) is 5.69 Å². The van der Waals surface area contributed by atoms with E-state index in [1.165, 1.54) is 0 Å². The SMILES string of the molecule is Cc1nc(-c2ccc(C3CC3C)o2)nc(Cl)c1F. The van der Waals surface area contributed by atoms with Crippen molar-refractivity contribution in [2.45, 2.75) is 26.2 Å². The van der Waals surface area contributed by atoms with Crippen LogP contribution in [0.2, 0.25) is 5.15 Å². The van der Waals surface area contributed by atoms with Gasteiger partial charge < -0.3 is 4.42 Å². The van der Waals surface area contributed by atoms with Crippen LogP contribution in [-0.4, -0.2) is 9.97 Å². The second-order valence-corrected chi connectivity index (χ2v) is 5.12. The Kier molecular flexibility index (Phi) is 2.63. The highest BCUT2D eigenvalue weighted by molar-refractivity contribution is 6.29. The monoisotopic (exact) mass is 266 g/mol. The molecule has 0 aliphatic heterocycles. The number of aryl methyl sites for hydroxylation is 1. The summed E-state index contributed by atoms with van der Waals surface area (Å²) >= 11 is 5.71. The first-order chi connectivity index (χ1) is 8.56. The van der Waals surface area contributed by atoms with Crippen molar-refractivity contribution in [2.75, 3.05) is 0 Å². The summed E-state index contributed by atoms with van der Waals surface area (Å²) in [5, 5.41) is -0.171. The first-order valence-electron chi connectivity index (χ1n) is 5.86. The van der Waals surface area contributed by atoms with Gasteiger partial charge in [-0.05, 0) is 31.4 Å². The third kappa shape index (κ3) is 1.90. The van der Waals surface area contributed by atoms with Gasteiger partial charge in [0.25, 0.3) is 0 Å². The Balaban J connectivity index is 1.97. The van der Waals surface area contributed by atoms with E-state index in [0.29, 0.717) is 23.4 Å². The zero-order valence-corrected chi connectivity index (χ0v) is 10.8. The summed E-state index contributed by atoms with van der Waals surface area (Å²) < 4.78 is 19.0. The first kappa shape index (κ1) is 11.7. The van der Waals surface area contributed by atoms with Crippen molar-refractivity contribution in [3.8, 4) is 11.6 Å². The minimum absolute atomic E-state index is 0.171. The third-order valence-electron chi connectivity index (χ3n) is 3.30. The highest BCUT2D eigenvalue weighted by atomic mass is 35.5. The largest absolute Gasteiger partial charge is 0.457 e. The predicted octanol–water partition coefficient (Wildman–Crippen LogP) is 3.96. The number of hydrogen-bond acceptors (Lipinski definition) is 3. The van der Waals surface area contributed by atoms with E-state index in [4.69, 9.17) is 16.0 Å². The molecule has 0 amide bonds. The van der Waals surface area contributed by atoms with Crippen LogP contribution < -0.4 is 0 Å². The van der Waals surface area contributed by atoms with Crippen LogP contribution in [0.4, 0.5) is 4.39 Å². The number of nitrogens with zero attached hydrogens (tertiary/aromatic N) is 2. The molecule has 2 unspecified atom stereocenters. The quantitative estimate of drug-likeness (QED) is 0.772. The molecule has 3 nitrogen and oxygen atoms in total. The number of hydrogen-bond donors (Lipinski definition) is 0. The fourth-order valence-corrected chi connectivity index (χ4v) is 2.24. The van der Waals surface area contributed by atoms with Crippen LogP contribution in [-0.2, 0) is 0 Å². The zero-order valence-electron chi connectivity index (χ0n) is 10.1. The van der Waals surface area contributed by atoms with Crippen LogP contribution in [0.3, 0.4) is 0 Å². The van der Waals surface area contributed by atoms with Gasteiger partial charge in [-0.15, -0.1) is 0 Å². The average Bonchev–Trinajstić information content (AvgIpc) is 2.89. The maximum absolute atomic E-state index is 13.3. The lowest BCUT2D eigenvalue weighted by molar-refractivity contribution is 0.513. The van der Waals surface area contributed by atoms with Crippen LogP contribution in [0.15, 0.2) is 16.5 Å². The van der Waals surface area contributed by atoms with E-state index in [1.54, 1.807) is 6.92 Å². The molecule has 2 atom stereocenters. The lowest BCUT2D eigenvalue weighted by Gasteiger charge is -2.01. The molecule has 0 spiro atoms. The number of rotatable bonds is 2. The summed E-state index contributed by atoms with van der Waals surface area (Å²) in [4.78, 5) is 7.95. The van der Waals surface area contributed by atoms with E-state index in [-0.39, 0.29) is 10.8 Å². The van der Waals surface area contributed by atoms with E-state index in [9.17, 15) is 4.39 Å². The van der Waals surface area contributed by atoms with Crippen LogP contribution in [0, 0.1) is 18.7 Å². The summed E-state index contributed by atoms with van der Waals surface area (Å²) in [6.07, 6.45) is 1.15. The van der Waals surface area contributed by atoms with Gasteiger partial charge in [-0.3, -0.25) is 0 Å². The van der Waals surface area contributed by atoms with E-state index in [1.807, 2.05) is 12.1 Å². The molecule has 1 saturated carbocycles. The van der Waals surface area contributed by atoms with Gasteiger partial charge >= 0.3 is 0 Å². The number of halogens is 2. The maximum Gasteiger partial charge on any atom is 0.197 e. The lowest BCUT2D eigenvalue weighted by atomic mass is 10.3. The Bertz CT molecular complexity index is 588. The highest BCUT2D eigenvalue weighted by Crippen LogP contribution is 2.47. The summed E-state index contributed by atoms with van der Waals surface area (Å²) in [5.41, 5.74) is 0.225. The molecule has 18 heavy (non-hydrogen) atoms. The zero-order chi connectivity index (χ0) is 12.9. The van der Waals surface area contributed by atoms with Crippen molar-refractivity contribution in [3.63, 3.8) is 0 Å². The minimum Gasteiger partial charge on any atom is -0.457 e. The molecule has 1 aliphatic rings. The van der Waals surface area contributed by atoms with Crippen molar-refractivity contribution >= 4 is 11.6 Å². The second-order valence-electron chi connectivity index (χ2n) is 4.76. The van der Waals surface area contributed by atoms with E-state index >= 15 is 0 Å². The second kappa shape index (κ2) is 4.05. The first-order valence-corrected chi connectivity index (χ1v) is 6.24. The van der Waals surface area contributed by atoms with Crippen molar-refractivity contribution in [2.24, 2.45) is 5.92 Å². The molecule has 0 aromatic carbocycles. The van der Waals surface area contributed by atoms with Crippen LogP contribution in [0.25, 0.3) is 11.6 Å². The molecule has 0 radical (unpaired) electrons. The molecule has 0 saturated heterocycles. The van der Waals surface area contributed by atoms with Gasteiger partial charge in [0.15, 0.2) is 22.6 Å². The van der Waals surface area contributed by atoms with Crippen molar-refractivity contribution in [3.05, 3.63) is 34.6 Å². The summed E-state index contributed by atoms with van der Waals surface area (Å²) in [7, 11) is 0. The molecule has 94 valence electrons. The van der Waals surface area contributed by atoms with Crippen molar-refractivity contribution < 1.29 is 8.81 Å². The molecule has 5 heteroatoms. The fraction of sp³-hybridized carbons (Fsp3) is 0.385. The van der Waals surface area contributed by atoms with Crippen LogP contribution in [0.1, 0.15) is 30.7 Å². The molecular formula is C13H12ClFN2O. The van der Waals surface area contributed by atoms with Gasteiger partial charge in [0.2, 0.25) is 0 Å². The summed E-state index contributed by atoms with van der Waals surface area (Å²) in [5.74, 6) is 2.40. The molecule has 3 rings (SSSR count). The molecule has 2 aromatic heterocycles. The standard InChI is InChI=1S/C13H12ClFN2O/c1-6-5-8(6)9-3-4-10(18-9)13-16-7(2)11(15)12(14)17-13/h3-4,6,8H,5H2,1-2H3. The molecule has 2 aromatic rings. The Morgan fingerprint density at radius 3 is 2.72 bits per heavy atom. The van der Waals surface area contributed by atoms with E-state index < -0.39 is 5.82 Å². The molecule has 1 fully saturated rings. The van der Waals surface area contributed by atoms with Gasteiger partial charge in [-0.25, -0.2) is 14.4 Å². The number of aromatic nitrogens is 2. The van der Waals surface area contributed by atoms with Gasteiger partial charge in [0.1, 0.15) is 5.76 Å². The minimum atomic E-state index is -0.581. The normalized spacial score (nSPS) is 22.2. The lowest BCUT2D eigenvalue weighted by Crippen LogP contribution is -1.96. The predicted molar refractivity (Wildman–Crippen MR) is 66.0 cm³/mol. The van der Waals surface area contributed by atoms with Gasteiger partial charge in [-0.1, -0.05) is 18.5 Å². The Morgan fingerprint density at radius 1 is 1.39 bits per heavy atom. The summed E-state index contributed by atoms with van der Waals surface area (Å²) in [6.45, 7) is 3.74. The Morgan fingerprint density at radius 2 is 2.11 bits per heavy atom. The third-order valence-corrected chi connectivity index (χ3v) is 3.55. The molecule has 1 aliphatic carbocycles. The van der Waals surface area contributed by atoms with E-state index in [0.717, 1.165) is 12.2 Å². The van der Waals surface area contributed by atoms with Crippen LogP contribution in [0.5, 0.6) is 0 Å². The molecule has 0 N–H and O–H groups in total. The van der Waals surface area contributed by atoms with Crippen LogP contribution >= 0.6 is 11.6 Å². The topological polar surface area (TPSA) is 38.9 Å². The average molecular weight is 267 g/mol. The van der Waals surface area contributed by atoms with Crippen molar-refractivity contribution in [1.82, 2.24) is 9.97 Å². The van der Waals surface area contributed by atoms with E-state index in [2.05, 4.69) is 16.9 Å². The maximum atomic E-state index is 13.3. The molecule has 0 bridgehead atoms. The fourth-order valence-electron chi connectivity index (χ4n) is 2.03. The highest BCUT2D eigenvalue weighted by Gasteiger charge is 2.36. The summed E-state index contributed by atoms with van der Waals surface area (Å²) in [6, 6.07) is 3.74. The smallest absolute Gasteiger partial charge is 0.197 e. The molecular weight excluding hydrogens is 255 g/mol.